The molecule has 194 valence electrons. The van der Waals surface area contributed by atoms with Gasteiger partial charge in [0.15, 0.2) is 0 Å². The van der Waals surface area contributed by atoms with Crippen molar-refractivity contribution in [1.82, 2.24) is 0 Å². The van der Waals surface area contributed by atoms with E-state index in [0.29, 0.717) is 29.3 Å². The molecule has 0 radical (unpaired) electrons. The molecule has 1 aliphatic rings. The molecule has 0 aliphatic carbocycles. The molecule has 10 heteroatoms. The van der Waals surface area contributed by atoms with E-state index in [1.54, 1.807) is 36.4 Å². The van der Waals surface area contributed by atoms with Crippen molar-refractivity contribution in [3.05, 3.63) is 94.7 Å². The third-order valence-electron chi connectivity index (χ3n) is 5.60. The van der Waals surface area contributed by atoms with E-state index in [2.05, 4.69) is 5.32 Å². The maximum absolute atomic E-state index is 13.1. The molecule has 0 spiro atoms. The van der Waals surface area contributed by atoms with E-state index in [0.717, 1.165) is 17.7 Å². The quantitative estimate of drug-likeness (QED) is 0.131. The Hall–Kier alpha value is -4.63. The number of nitrogens with two attached hydrogens (primary N) is 1. The van der Waals surface area contributed by atoms with Crippen LogP contribution in [-0.2, 0) is 14.3 Å². The maximum Gasteiger partial charge on any atom is 0.343 e. The average Bonchev–Trinajstić information content (AvgIpc) is 3.13. The number of amides is 2. The highest BCUT2D eigenvalue weighted by Gasteiger charge is 2.39. The number of nitrogen functional groups attached to an aromatic ring is 1. The van der Waals surface area contributed by atoms with Crippen LogP contribution in [0.4, 0.5) is 17.1 Å². The predicted octanol–water partition coefficient (Wildman–Crippen LogP) is 4.88. The molecule has 1 aliphatic heterocycles. The van der Waals surface area contributed by atoms with E-state index in [-0.39, 0.29) is 22.0 Å². The topological polar surface area (TPSA) is 128 Å². The molecule has 0 fully saturated rings. The molecule has 9 nitrogen and oxygen atoms in total. The molecule has 4 rings (SSSR count). The maximum atomic E-state index is 13.1. The number of benzene rings is 3. The fourth-order valence-corrected chi connectivity index (χ4v) is 3.73. The zero-order valence-corrected chi connectivity index (χ0v) is 21.2. The molecule has 0 atom stereocenters. The summed E-state index contributed by atoms with van der Waals surface area (Å²) in [5, 5.41) is 2.56. The van der Waals surface area contributed by atoms with Crippen LogP contribution < -0.4 is 20.7 Å². The van der Waals surface area contributed by atoms with Gasteiger partial charge in [0.25, 0.3) is 11.8 Å². The Morgan fingerprint density at radius 1 is 0.868 bits per heavy atom. The summed E-state index contributed by atoms with van der Waals surface area (Å²) in [6.45, 7) is 2.31. The normalized spacial score (nSPS) is 13.1. The third kappa shape index (κ3) is 5.84. The van der Waals surface area contributed by atoms with Gasteiger partial charge < -0.3 is 20.5 Å². The van der Waals surface area contributed by atoms with Crippen LogP contribution >= 0.6 is 11.6 Å². The molecule has 1 heterocycles. The molecular weight excluding hydrogens is 510 g/mol. The Labute approximate surface area is 223 Å². The van der Waals surface area contributed by atoms with Crippen molar-refractivity contribution >= 4 is 52.4 Å². The van der Waals surface area contributed by atoms with Gasteiger partial charge in [-0.1, -0.05) is 24.9 Å². The van der Waals surface area contributed by atoms with Crippen LogP contribution in [0.5, 0.6) is 5.75 Å². The largest absolute Gasteiger partial charge is 0.462 e. The number of carbonyl (C=O) groups is 4. The average molecular weight is 534 g/mol. The zero-order valence-electron chi connectivity index (χ0n) is 20.4. The van der Waals surface area contributed by atoms with Gasteiger partial charge in [0.05, 0.1) is 23.4 Å². The number of hydrogen-bond acceptors (Lipinski definition) is 8. The summed E-state index contributed by atoms with van der Waals surface area (Å²) in [4.78, 5) is 51.2. The standard InChI is InChI=1S/C28H24ClN3O6/c1-2-3-16-37-27(35)17-6-12-21(13-7-17)32-25(33)23(29)24(26(32)34)31-20-10-4-18(5-11-20)28(36)38-22-14-8-19(30)9-15-22/h4-15,31H,2-3,16,30H2,1H3. The zero-order chi connectivity index (χ0) is 27.2. The van der Waals surface area contributed by atoms with Crippen LogP contribution in [0.3, 0.4) is 0 Å². The minimum absolute atomic E-state index is 0.114. The van der Waals surface area contributed by atoms with Crippen LogP contribution in [0.2, 0.25) is 0 Å². The summed E-state index contributed by atoms with van der Waals surface area (Å²) >= 11 is 6.20. The highest BCUT2D eigenvalue weighted by Crippen LogP contribution is 2.30. The van der Waals surface area contributed by atoms with Gasteiger partial charge in [-0.25, -0.2) is 14.5 Å². The molecule has 3 aromatic rings. The van der Waals surface area contributed by atoms with Gasteiger partial charge in [-0.05, 0) is 79.2 Å². The monoisotopic (exact) mass is 533 g/mol. The van der Waals surface area contributed by atoms with E-state index < -0.39 is 23.8 Å². The number of rotatable bonds is 9. The first kappa shape index (κ1) is 26.4. The van der Waals surface area contributed by atoms with Gasteiger partial charge in [-0.15, -0.1) is 0 Å². The lowest BCUT2D eigenvalue weighted by atomic mass is 10.2. The number of unbranched alkanes of at least 4 members (excludes halogenated alkanes) is 1. The first-order valence-corrected chi connectivity index (χ1v) is 12.2. The smallest absolute Gasteiger partial charge is 0.343 e. The van der Waals surface area contributed by atoms with Crippen molar-refractivity contribution in [2.75, 3.05) is 22.6 Å². The van der Waals surface area contributed by atoms with Gasteiger partial charge >= 0.3 is 11.9 Å². The lowest BCUT2D eigenvalue weighted by Crippen LogP contribution is -2.32. The lowest BCUT2D eigenvalue weighted by Gasteiger charge is -2.15. The third-order valence-corrected chi connectivity index (χ3v) is 5.95. The van der Waals surface area contributed by atoms with Crippen molar-refractivity contribution in [3.63, 3.8) is 0 Å². The van der Waals surface area contributed by atoms with E-state index >= 15 is 0 Å². The number of ether oxygens (including phenoxy) is 2. The van der Waals surface area contributed by atoms with Crippen LogP contribution in [0, 0.1) is 0 Å². The number of hydrogen-bond donors (Lipinski definition) is 2. The number of carbonyl (C=O) groups excluding carboxylic acids is 4. The number of nitrogens with one attached hydrogen (secondary N) is 1. The number of nitrogens with zero attached hydrogens (tertiary/aromatic N) is 1. The second kappa shape index (κ2) is 11.6. The summed E-state index contributed by atoms with van der Waals surface area (Å²) in [6.07, 6.45) is 1.66. The second-order valence-electron chi connectivity index (χ2n) is 8.33. The first-order chi connectivity index (χ1) is 18.3. The Morgan fingerprint density at radius 2 is 1.47 bits per heavy atom. The van der Waals surface area contributed by atoms with Gasteiger partial charge in [0.1, 0.15) is 16.5 Å². The van der Waals surface area contributed by atoms with Crippen LogP contribution in [-0.4, -0.2) is 30.4 Å². The number of esters is 2. The van der Waals surface area contributed by atoms with Crippen LogP contribution in [0.25, 0.3) is 0 Å². The summed E-state index contributed by atoms with van der Waals surface area (Å²) in [7, 11) is 0. The fourth-order valence-electron chi connectivity index (χ4n) is 3.52. The lowest BCUT2D eigenvalue weighted by molar-refractivity contribution is -0.120. The van der Waals surface area contributed by atoms with Crippen LogP contribution in [0.15, 0.2) is 83.5 Å². The molecule has 38 heavy (non-hydrogen) atoms. The molecule has 0 aromatic heterocycles. The van der Waals surface area contributed by atoms with Crippen molar-refractivity contribution < 1.29 is 28.7 Å². The number of imide groups is 1. The van der Waals surface area contributed by atoms with Crippen molar-refractivity contribution in [2.45, 2.75) is 19.8 Å². The highest BCUT2D eigenvalue weighted by molar-refractivity contribution is 6.53. The molecule has 0 saturated carbocycles. The van der Waals surface area contributed by atoms with Gasteiger partial charge in [0, 0.05) is 11.4 Å². The van der Waals surface area contributed by atoms with E-state index in [1.807, 2.05) is 6.92 Å². The molecule has 0 bridgehead atoms. The molecule has 3 aromatic carbocycles. The summed E-state index contributed by atoms with van der Waals surface area (Å²) < 4.78 is 10.5. The summed E-state index contributed by atoms with van der Waals surface area (Å²) in [6, 6.07) is 18.4. The highest BCUT2D eigenvalue weighted by atomic mass is 35.5. The van der Waals surface area contributed by atoms with Gasteiger partial charge in [-0.2, -0.15) is 0 Å². The predicted molar refractivity (Wildman–Crippen MR) is 143 cm³/mol. The second-order valence-corrected chi connectivity index (χ2v) is 8.71. The molecular formula is C28H24ClN3O6. The molecule has 0 saturated heterocycles. The SMILES string of the molecule is CCCCOC(=O)c1ccc(N2C(=O)C(Cl)=C(Nc3ccc(C(=O)Oc4ccc(N)cc4)cc3)C2=O)cc1. The molecule has 0 unspecified atom stereocenters. The number of anilines is 3. The Balaban J connectivity index is 1.41. The van der Waals surface area contributed by atoms with Gasteiger partial charge in [0.2, 0.25) is 0 Å². The minimum Gasteiger partial charge on any atom is -0.462 e. The van der Waals surface area contributed by atoms with Crippen LogP contribution in [0.1, 0.15) is 40.5 Å². The van der Waals surface area contributed by atoms with Crippen molar-refractivity contribution in [2.24, 2.45) is 0 Å². The number of halogens is 1. The Kier molecular flexibility index (Phi) is 8.08. The summed E-state index contributed by atoms with van der Waals surface area (Å²) in [5.41, 5.74) is 7.32. The van der Waals surface area contributed by atoms with E-state index in [9.17, 15) is 19.2 Å². The van der Waals surface area contributed by atoms with E-state index in [4.69, 9.17) is 26.8 Å². The first-order valence-electron chi connectivity index (χ1n) is 11.8. The van der Waals surface area contributed by atoms with Crippen molar-refractivity contribution in [1.29, 1.82) is 0 Å². The minimum atomic E-state index is -0.707. The Bertz CT molecular complexity index is 1400. The molecule has 3 N–H and O–H groups in total. The summed E-state index contributed by atoms with van der Waals surface area (Å²) in [5.74, 6) is -2.08. The van der Waals surface area contributed by atoms with E-state index in [1.165, 1.54) is 36.4 Å². The molecule has 2 amide bonds. The van der Waals surface area contributed by atoms with Crippen molar-refractivity contribution in [3.8, 4) is 5.75 Å². The fraction of sp³-hybridized carbons (Fsp3) is 0.143. The Morgan fingerprint density at radius 3 is 2.11 bits per heavy atom. The van der Waals surface area contributed by atoms with Gasteiger partial charge in [-0.3, -0.25) is 9.59 Å².